The zero-order chi connectivity index (χ0) is 35.7. The van der Waals surface area contributed by atoms with Crippen LogP contribution in [0.5, 0.6) is 0 Å². The summed E-state index contributed by atoms with van der Waals surface area (Å²) in [6, 6.07) is 10.6. The molecule has 0 bridgehead atoms. The van der Waals surface area contributed by atoms with Gasteiger partial charge in [0.1, 0.15) is 17.0 Å². The molecule has 2 aliphatic heterocycles. The third kappa shape index (κ3) is 7.50. The van der Waals surface area contributed by atoms with Gasteiger partial charge in [-0.15, -0.1) is 0 Å². The lowest BCUT2D eigenvalue weighted by Crippen LogP contribution is -2.50. The van der Waals surface area contributed by atoms with E-state index in [1.54, 1.807) is 40.8 Å². The lowest BCUT2D eigenvalue weighted by atomic mass is 9.93. The van der Waals surface area contributed by atoms with Crippen molar-refractivity contribution >= 4 is 51.7 Å². The Labute approximate surface area is 295 Å². The first-order valence-corrected chi connectivity index (χ1v) is 17.1. The number of fused-ring (bicyclic) bond motifs is 1. The zero-order valence-corrected chi connectivity index (χ0v) is 29.8. The molecule has 0 unspecified atom stereocenters. The topological polar surface area (TPSA) is 104 Å². The molecule has 0 N–H and O–H groups in total. The molecular weight excluding hydrogens is 663 g/mol. The van der Waals surface area contributed by atoms with E-state index in [1.807, 2.05) is 57.3 Å². The van der Waals surface area contributed by atoms with Crippen LogP contribution >= 0.6 is 11.6 Å². The summed E-state index contributed by atoms with van der Waals surface area (Å²) in [6.07, 6.45) is 5.96. The Morgan fingerprint density at radius 1 is 1.00 bits per heavy atom. The number of benzene rings is 2. The number of hydrogen-bond donors (Lipinski definition) is 0. The number of halogens is 2. The molecule has 11 nitrogen and oxygen atoms in total. The van der Waals surface area contributed by atoms with E-state index in [1.165, 1.54) is 11.0 Å². The van der Waals surface area contributed by atoms with Crippen LogP contribution in [-0.2, 0) is 16.1 Å². The maximum Gasteiger partial charge on any atom is 0.410 e. The van der Waals surface area contributed by atoms with Gasteiger partial charge < -0.3 is 28.8 Å². The van der Waals surface area contributed by atoms with E-state index in [0.717, 1.165) is 5.69 Å². The summed E-state index contributed by atoms with van der Waals surface area (Å²) in [5.74, 6) is -0.963. The van der Waals surface area contributed by atoms with E-state index in [0.29, 0.717) is 73.0 Å². The van der Waals surface area contributed by atoms with Crippen molar-refractivity contribution in [3.63, 3.8) is 0 Å². The van der Waals surface area contributed by atoms with Gasteiger partial charge >= 0.3 is 6.09 Å². The second kappa shape index (κ2) is 14.2. The number of rotatable bonds is 7. The van der Waals surface area contributed by atoms with Crippen LogP contribution in [-0.4, -0.2) is 101 Å². The van der Waals surface area contributed by atoms with Gasteiger partial charge in [-0.3, -0.25) is 14.3 Å². The molecule has 50 heavy (non-hydrogen) atoms. The number of furan rings is 1. The van der Waals surface area contributed by atoms with Crippen LogP contribution in [0.15, 0.2) is 59.3 Å². The number of ether oxygens (including phenoxy) is 1. The summed E-state index contributed by atoms with van der Waals surface area (Å²) in [4.78, 5) is 45.6. The molecule has 4 heterocycles. The van der Waals surface area contributed by atoms with Gasteiger partial charge in [0.05, 0.1) is 10.4 Å². The van der Waals surface area contributed by atoms with Crippen molar-refractivity contribution < 1.29 is 27.9 Å². The molecule has 1 fully saturated rings. The normalized spacial score (nSPS) is 15.3. The Bertz CT molecular complexity index is 1940. The van der Waals surface area contributed by atoms with Crippen molar-refractivity contribution in [2.24, 2.45) is 0 Å². The first kappa shape index (κ1) is 35.0. The van der Waals surface area contributed by atoms with E-state index in [2.05, 4.69) is 10.00 Å². The molecule has 2 aromatic heterocycles. The van der Waals surface area contributed by atoms with Gasteiger partial charge in [0.25, 0.3) is 5.91 Å². The molecule has 0 radical (unpaired) electrons. The van der Waals surface area contributed by atoms with Gasteiger partial charge in [-0.05, 0) is 57.0 Å². The molecule has 6 rings (SSSR count). The number of carbonyl (C=O) groups excluding carboxylic acids is 3. The Morgan fingerprint density at radius 3 is 2.42 bits per heavy atom. The van der Waals surface area contributed by atoms with Gasteiger partial charge in [-0.25, -0.2) is 9.18 Å². The van der Waals surface area contributed by atoms with Gasteiger partial charge in [0.2, 0.25) is 5.91 Å². The number of hydrogen-bond acceptors (Lipinski definition) is 7. The van der Waals surface area contributed by atoms with Crippen molar-refractivity contribution in [1.82, 2.24) is 24.5 Å². The fraction of sp³-hybridized carbons (Fsp3) is 0.405. The minimum atomic E-state index is -0.566. The molecule has 13 heteroatoms. The Hall–Kier alpha value is -4.84. The lowest BCUT2D eigenvalue weighted by molar-refractivity contribution is -0.131. The Kier molecular flexibility index (Phi) is 9.93. The standard InChI is InChI=1S/C37H42ClFN6O5/c1-37(2,3)50-36(48)43-18-16-42(17-19-43)25-9-10-26(30(38)20-25)28-21-27(33(39)29-22-31(49-34(28)29)35(47)41(4)5)24-8-6-13-44(23-24)32(46)11-15-45-14-7-12-40-45/h7-10,12,14,20-22H,6,11,13,15-19,23H2,1-5H3. The first-order chi connectivity index (χ1) is 23.8. The number of piperazine rings is 1. The number of carbonyl (C=O) groups is 3. The smallest absolute Gasteiger partial charge is 0.410 e. The second-order valence-corrected chi connectivity index (χ2v) is 14.2. The Morgan fingerprint density at radius 2 is 1.76 bits per heavy atom. The van der Waals surface area contributed by atoms with Gasteiger partial charge in [0, 0.05) is 107 Å². The molecule has 0 aliphatic carbocycles. The molecule has 2 aliphatic rings. The highest BCUT2D eigenvalue weighted by atomic mass is 35.5. The van der Waals surface area contributed by atoms with E-state index in [-0.39, 0.29) is 41.7 Å². The fourth-order valence-corrected chi connectivity index (χ4v) is 6.55. The van der Waals surface area contributed by atoms with E-state index in [4.69, 9.17) is 20.8 Å². The highest BCUT2D eigenvalue weighted by Gasteiger charge is 2.29. The highest BCUT2D eigenvalue weighted by Crippen LogP contribution is 2.41. The van der Waals surface area contributed by atoms with Crippen LogP contribution in [0, 0.1) is 5.82 Å². The molecule has 0 saturated carbocycles. The van der Waals surface area contributed by atoms with Crippen molar-refractivity contribution in [2.45, 2.75) is 45.8 Å². The second-order valence-electron chi connectivity index (χ2n) is 13.8. The SMILES string of the molecule is CN(C)C(=O)c1cc2c(F)c(C3=CCCN(C(=O)CCn4cccn4)C3)cc(-c3ccc(N4CCN(C(=O)OC(C)(C)C)CC4)cc3Cl)c2o1. The predicted octanol–water partition coefficient (Wildman–Crippen LogP) is 6.55. The van der Waals surface area contributed by atoms with Crippen molar-refractivity contribution in [1.29, 1.82) is 0 Å². The van der Waals surface area contributed by atoms with E-state index >= 15 is 4.39 Å². The van der Waals surface area contributed by atoms with Crippen LogP contribution in [0.3, 0.4) is 0 Å². The van der Waals surface area contributed by atoms with Crippen molar-refractivity contribution in [3.8, 4) is 11.1 Å². The molecule has 2 aromatic carbocycles. The van der Waals surface area contributed by atoms with Crippen LogP contribution in [0.4, 0.5) is 14.9 Å². The summed E-state index contributed by atoms with van der Waals surface area (Å²) < 4.78 is 29.8. The van der Waals surface area contributed by atoms with Crippen molar-refractivity contribution in [2.75, 3.05) is 58.3 Å². The van der Waals surface area contributed by atoms with Gasteiger partial charge in [0.15, 0.2) is 5.76 Å². The van der Waals surface area contributed by atoms with Gasteiger partial charge in [-0.2, -0.15) is 5.10 Å². The van der Waals surface area contributed by atoms with Crippen LogP contribution < -0.4 is 4.90 Å². The number of amides is 3. The average Bonchev–Trinajstić information content (AvgIpc) is 3.78. The molecule has 3 amide bonds. The monoisotopic (exact) mass is 704 g/mol. The van der Waals surface area contributed by atoms with Gasteiger partial charge in [-0.1, -0.05) is 23.7 Å². The molecular formula is C37H42ClFN6O5. The van der Waals surface area contributed by atoms with Crippen LogP contribution in [0.25, 0.3) is 27.7 Å². The maximum atomic E-state index is 16.5. The minimum absolute atomic E-state index is 0.00551. The summed E-state index contributed by atoms with van der Waals surface area (Å²) in [6.45, 7) is 8.97. The predicted molar refractivity (Wildman–Crippen MR) is 191 cm³/mol. The first-order valence-electron chi connectivity index (χ1n) is 16.7. The maximum absolute atomic E-state index is 16.5. The third-order valence-electron chi connectivity index (χ3n) is 8.86. The van der Waals surface area contributed by atoms with Crippen LogP contribution in [0.2, 0.25) is 5.02 Å². The summed E-state index contributed by atoms with van der Waals surface area (Å²) >= 11 is 6.98. The highest BCUT2D eigenvalue weighted by molar-refractivity contribution is 6.34. The number of anilines is 1. The molecule has 264 valence electrons. The summed E-state index contributed by atoms with van der Waals surface area (Å²) in [5.41, 5.74) is 2.65. The quantitative estimate of drug-likeness (QED) is 0.215. The number of aromatic nitrogens is 2. The molecule has 1 saturated heterocycles. The Balaban J connectivity index is 1.30. The molecule has 4 aromatic rings. The van der Waals surface area contributed by atoms with E-state index < -0.39 is 17.3 Å². The van der Waals surface area contributed by atoms with Crippen molar-refractivity contribution in [3.05, 3.63) is 77.0 Å². The third-order valence-corrected chi connectivity index (χ3v) is 9.17. The number of aryl methyl sites for hydroxylation is 1. The number of nitrogens with zero attached hydrogens (tertiary/aromatic N) is 6. The average molecular weight is 705 g/mol. The van der Waals surface area contributed by atoms with Crippen LogP contribution in [0.1, 0.15) is 49.7 Å². The largest absolute Gasteiger partial charge is 0.450 e. The molecule has 0 spiro atoms. The minimum Gasteiger partial charge on any atom is -0.450 e. The summed E-state index contributed by atoms with van der Waals surface area (Å²) in [5, 5.41) is 4.75. The molecule has 0 atom stereocenters. The van der Waals surface area contributed by atoms with E-state index in [9.17, 15) is 14.4 Å². The summed E-state index contributed by atoms with van der Waals surface area (Å²) in [7, 11) is 3.21. The lowest BCUT2D eigenvalue weighted by Gasteiger charge is -2.36. The fourth-order valence-electron chi connectivity index (χ4n) is 6.28. The zero-order valence-electron chi connectivity index (χ0n) is 29.0.